The molecule has 0 bridgehead atoms. The zero-order chi connectivity index (χ0) is 12.0. The van der Waals surface area contributed by atoms with Gasteiger partial charge in [-0.1, -0.05) is 18.5 Å². The molecule has 4 nitrogen and oxygen atoms in total. The van der Waals surface area contributed by atoms with E-state index in [1.165, 1.54) is 0 Å². The molecule has 0 saturated heterocycles. The fraction of sp³-hybridized carbons (Fsp3) is 0.545. The number of hydrogen-bond acceptors (Lipinski definition) is 4. The van der Waals surface area contributed by atoms with E-state index >= 15 is 0 Å². The molecule has 5 heteroatoms. The van der Waals surface area contributed by atoms with Crippen LogP contribution in [0.2, 0.25) is 5.02 Å². The van der Waals surface area contributed by atoms with Gasteiger partial charge < -0.3 is 15.8 Å². The van der Waals surface area contributed by atoms with Crippen molar-refractivity contribution in [1.82, 2.24) is 10.3 Å². The van der Waals surface area contributed by atoms with Gasteiger partial charge in [0.25, 0.3) is 0 Å². The van der Waals surface area contributed by atoms with Crippen molar-refractivity contribution in [3.05, 3.63) is 22.8 Å². The first-order chi connectivity index (χ1) is 7.69. The van der Waals surface area contributed by atoms with Gasteiger partial charge in [0.05, 0.1) is 17.7 Å². The van der Waals surface area contributed by atoms with Crippen LogP contribution in [0.25, 0.3) is 0 Å². The first-order valence-corrected chi connectivity index (χ1v) is 5.78. The summed E-state index contributed by atoms with van der Waals surface area (Å²) in [6.07, 6.45) is 1.55. The summed E-state index contributed by atoms with van der Waals surface area (Å²) in [6.45, 7) is 6.08. The van der Waals surface area contributed by atoms with Gasteiger partial charge in [0.1, 0.15) is 5.82 Å². The molecule has 1 atom stereocenters. The van der Waals surface area contributed by atoms with Crippen LogP contribution in [0.3, 0.4) is 0 Å². The van der Waals surface area contributed by atoms with Crippen molar-refractivity contribution in [1.29, 1.82) is 0 Å². The fourth-order valence-electron chi connectivity index (χ4n) is 1.49. The second-order valence-corrected chi connectivity index (χ2v) is 3.83. The SMILES string of the molecule is CCNC(COCC)c1cc(Cl)cnc1N. The highest BCUT2D eigenvalue weighted by molar-refractivity contribution is 6.30. The summed E-state index contributed by atoms with van der Waals surface area (Å²) in [6, 6.07) is 1.87. The van der Waals surface area contributed by atoms with Crippen molar-refractivity contribution in [2.24, 2.45) is 0 Å². The number of hydrogen-bond donors (Lipinski definition) is 2. The third-order valence-corrected chi connectivity index (χ3v) is 2.44. The van der Waals surface area contributed by atoms with E-state index in [0.717, 1.165) is 12.1 Å². The van der Waals surface area contributed by atoms with E-state index in [1.807, 2.05) is 19.9 Å². The summed E-state index contributed by atoms with van der Waals surface area (Å²) >= 11 is 5.91. The van der Waals surface area contributed by atoms with Crippen molar-refractivity contribution >= 4 is 17.4 Å². The Morgan fingerprint density at radius 1 is 1.56 bits per heavy atom. The molecular formula is C11H18ClN3O. The van der Waals surface area contributed by atoms with E-state index in [4.69, 9.17) is 22.1 Å². The van der Waals surface area contributed by atoms with Crippen molar-refractivity contribution < 1.29 is 4.74 Å². The largest absolute Gasteiger partial charge is 0.383 e. The van der Waals surface area contributed by atoms with Crippen LogP contribution >= 0.6 is 11.6 Å². The Hall–Kier alpha value is -0.840. The molecule has 0 fully saturated rings. The molecule has 1 aromatic heterocycles. The van der Waals surface area contributed by atoms with Gasteiger partial charge in [-0.15, -0.1) is 0 Å². The van der Waals surface area contributed by atoms with Gasteiger partial charge in [0, 0.05) is 18.4 Å². The lowest BCUT2D eigenvalue weighted by Crippen LogP contribution is -2.26. The molecule has 90 valence electrons. The maximum Gasteiger partial charge on any atom is 0.128 e. The highest BCUT2D eigenvalue weighted by Gasteiger charge is 2.14. The van der Waals surface area contributed by atoms with E-state index in [2.05, 4.69) is 10.3 Å². The number of likely N-dealkylation sites (N-methyl/N-ethyl adjacent to an activating group) is 1. The molecule has 1 unspecified atom stereocenters. The number of nitrogens with one attached hydrogen (secondary N) is 1. The minimum absolute atomic E-state index is 0.0381. The number of rotatable bonds is 6. The van der Waals surface area contributed by atoms with Crippen LogP contribution in [0.5, 0.6) is 0 Å². The summed E-state index contributed by atoms with van der Waals surface area (Å²) < 4.78 is 5.41. The average Bonchev–Trinajstić information content (AvgIpc) is 2.28. The molecule has 1 heterocycles. The molecule has 0 aliphatic rings. The Bertz CT molecular complexity index is 333. The number of pyridine rings is 1. The van der Waals surface area contributed by atoms with E-state index in [9.17, 15) is 0 Å². The van der Waals surface area contributed by atoms with Gasteiger partial charge in [-0.05, 0) is 19.5 Å². The zero-order valence-electron chi connectivity index (χ0n) is 9.66. The molecule has 3 N–H and O–H groups in total. The summed E-state index contributed by atoms with van der Waals surface area (Å²) in [5.41, 5.74) is 6.72. The van der Waals surface area contributed by atoms with Crippen LogP contribution in [0, 0.1) is 0 Å². The summed E-state index contributed by atoms with van der Waals surface area (Å²) in [4.78, 5) is 4.04. The topological polar surface area (TPSA) is 60.2 Å². The standard InChI is InChI=1S/C11H18ClN3O/c1-3-14-10(7-16-4-2)9-5-8(12)6-15-11(9)13/h5-6,10,14H,3-4,7H2,1-2H3,(H2,13,15). The van der Waals surface area contributed by atoms with E-state index in [1.54, 1.807) is 6.20 Å². The van der Waals surface area contributed by atoms with Crippen LogP contribution in [-0.4, -0.2) is 24.7 Å². The minimum Gasteiger partial charge on any atom is -0.383 e. The van der Waals surface area contributed by atoms with Crippen LogP contribution < -0.4 is 11.1 Å². The number of nitrogens with zero attached hydrogens (tertiary/aromatic N) is 1. The summed E-state index contributed by atoms with van der Waals surface area (Å²) in [5, 5.41) is 3.88. The Balaban J connectivity index is 2.85. The first kappa shape index (κ1) is 13.2. The van der Waals surface area contributed by atoms with Crippen LogP contribution in [0.1, 0.15) is 25.5 Å². The predicted molar refractivity (Wildman–Crippen MR) is 66.6 cm³/mol. The van der Waals surface area contributed by atoms with Gasteiger partial charge >= 0.3 is 0 Å². The lowest BCUT2D eigenvalue weighted by Gasteiger charge is -2.19. The summed E-state index contributed by atoms with van der Waals surface area (Å²) in [5.74, 6) is 0.495. The molecule has 0 aromatic carbocycles. The maximum atomic E-state index is 5.91. The molecule has 0 aliphatic carbocycles. The molecule has 0 saturated carbocycles. The molecule has 1 aromatic rings. The second-order valence-electron chi connectivity index (χ2n) is 3.40. The van der Waals surface area contributed by atoms with Crippen molar-refractivity contribution in [2.45, 2.75) is 19.9 Å². The van der Waals surface area contributed by atoms with E-state index < -0.39 is 0 Å². The van der Waals surface area contributed by atoms with Gasteiger partial charge in [0.15, 0.2) is 0 Å². The number of anilines is 1. The number of ether oxygens (including phenoxy) is 1. The molecular weight excluding hydrogens is 226 g/mol. The van der Waals surface area contributed by atoms with Crippen LogP contribution in [0.15, 0.2) is 12.3 Å². The Morgan fingerprint density at radius 2 is 2.31 bits per heavy atom. The Morgan fingerprint density at radius 3 is 2.94 bits per heavy atom. The van der Waals surface area contributed by atoms with Gasteiger partial charge in [-0.2, -0.15) is 0 Å². The maximum absolute atomic E-state index is 5.91. The van der Waals surface area contributed by atoms with Crippen molar-refractivity contribution in [2.75, 3.05) is 25.5 Å². The van der Waals surface area contributed by atoms with E-state index in [-0.39, 0.29) is 6.04 Å². The summed E-state index contributed by atoms with van der Waals surface area (Å²) in [7, 11) is 0. The smallest absolute Gasteiger partial charge is 0.128 e. The first-order valence-electron chi connectivity index (χ1n) is 5.41. The third kappa shape index (κ3) is 3.63. The number of halogens is 1. The Labute approximate surface area is 101 Å². The second kappa shape index (κ2) is 6.68. The average molecular weight is 244 g/mol. The molecule has 0 amide bonds. The quantitative estimate of drug-likeness (QED) is 0.803. The lowest BCUT2D eigenvalue weighted by atomic mass is 10.1. The zero-order valence-corrected chi connectivity index (χ0v) is 10.4. The minimum atomic E-state index is 0.0381. The molecule has 1 rings (SSSR count). The number of nitrogen functional groups attached to an aromatic ring is 1. The van der Waals surface area contributed by atoms with Gasteiger partial charge in [-0.25, -0.2) is 4.98 Å². The molecule has 0 radical (unpaired) electrons. The van der Waals surface area contributed by atoms with Crippen molar-refractivity contribution in [3.63, 3.8) is 0 Å². The highest BCUT2D eigenvalue weighted by Crippen LogP contribution is 2.22. The molecule has 0 aliphatic heterocycles. The highest BCUT2D eigenvalue weighted by atomic mass is 35.5. The molecule has 16 heavy (non-hydrogen) atoms. The van der Waals surface area contributed by atoms with Crippen LogP contribution in [-0.2, 0) is 4.74 Å². The van der Waals surface area contributed by atoms with E-state index in [0.29, 0.717) is 24.1 Å². The fourth-order valence-corrected chi connectivity index (χ4v) is 1.65. The molecule has 0 spiro atoms. The number of nitrogens with two attached hydrogens (primary N) is 1. The Kier molecular flexibility index (Phi) is 5.52. The number of aromatic nitrogens is 1. The normalized spacial score (nSPS) is 12.7. The van der Waals surface area contributed by atoms with Gasteiger partial charge in [-0.3, -0.25) is 0 Å². The van der Waals surface area contributed by atoms with Gasteiger partial charge in [0.2, 0.25) is 0 Å². The van der Waals surface area contributed by atoms with Crippen molar-refractivity contribution in [3.8, 4) is 0 Å². The lowest BCUT2D eigenvalue weighted by molar-refractivity contribution is 0.123. The predicted octanol–water partition coefficient (Wildman–Crippen LogP) is 2.00. The van der Waals surface area contributed by atoms with Crippen LogP contribution in [0.4, 0.5) is 5.82 Å². The third-order valence-electron chi connectivity index (χ3n) is 2.23. The monoisotopic (exact) mass is 243 g/mol.